The average molecular weight is 346 g/mol. The van der Waals surface area contributed by atoms with Gasteiger partial charge in [-0.15, -0.1) is 0 Å². The summed E-state index contributed by atoms with van der Waals surface area (Å²) >= 11 is 3.34. The zero-order valence-corrected chi connectivity index (χ0v) is 12.7. The van der Waals surface area contributed by atoms with Crippen LogP contribution in [0.5, 0.6) is 0 Å². The van der Waals surface area contributed by atoms with Crippen molar-refractivity contribution in [2.45, 2.75) is 6.54 Å². The fourth-order valence-corrected chi connectivity index (χ4v) is 2.38. The summed E-state index contributed by atoms with van der Waals surface area (Å²) in [4.78, 5) is 0. The number of rotatable bonds is 4. The Morgan fingerprint density at radius 1 is 1.14 bits per heavy atom. The van der Waals surface area contributed by atoms with E-state index in [-0.39, 0.29) is 5.82 Å². The van der Waals surface area contributed by atoms with Crippen molar-refractivity contribution in [3.05, 3.63) is 76.8 Å². The zero-order valence-electron chi connectivity index (χ0n) is 11.1. The first-order valence-electron chi connectivity index (χ1n) is 6.50. The second-order valence-corrected chi connectivity index (χ2v) is 5.51. The molecule has 0 unspecified atom stereocenters. The van der Waals surface area contributed by atoms with E-state index < -0.39 is 0 Å². The number of hydrogen-bond donors (Lipinski definition) is 1. The van der Waals surface area contributed by atoms with Crippen LogP contribution in [0, 0.1) is 5.82 Å². The molecule has 0 aliphatic rings. The van der Waals surface area contributed by atoms with Gasteiger partial charge in [0.1, 0.15) is 5.82 Å². The van der Waals surface area contributed by atoms with Crippen LogP contribution in [0.2, 0.25) is 0 Å². The molecule has 106 valence electrons. The Morgan fingerprint density at radius 2 is 1.95 bits per heavy atom. The van der Waals surface area contributed by atoms with E-state index in [0.717, 1.165) is 15.7 Å². The number of aromatic nitrogens is 2. The molecule has 1 aromatic heterocycles. The number of nitrogens with one attached hydrogen (secondary N) is 1. The molecule has 3 aromatic rings. The van der Waals surface area contributed by atoms with Crippen molar-refractivity contribution in [2.24, 2.45) is 0 Å². The maximum atomic E-state index is 13.6. The van der Waals surface area contributed by atoms with E-state index in [0.29, 0.717) is 12.2 Å². The molecule has 0 aliphatic carbocycles. The van der Waals surface area contributed by atoms with Crippen molar-refractivity contribution in [2.75, 3.05) is 5.32 Å². The van der Waals surface area contributed by atoms with Crippen molar-refractivity contribution in [3.63, 3.8) is 0 Å². The van der Waals surface area contributed by atoms with Crippen LogP contribution in [0.25, 0.3) is 5.69 Å². The lowest BCUT2D eigenvalue weighted by Crippen LogP contribution is -2.02. The van der Waals surface area contributed by atoms with Gasteiger partial charge in [-0.05, 0) is 42.0 Å². The van der Waals surface area contributed by atoms with E-state index in [4.69, 9.17) is 0 Å². The van der Waals surface area contributed by atoms with Crippen LogP contribution in [0.1, 0.15) is 5.56 Å². The molecule has 0 fully saturated rings. The Morgan fingerprint density at radius 3 is 2.67 bits per heavy atom. The number of anilines is 1. The summed E-state index contributed by atoms with van der Waals surface area (Å²) in [5.41, 5.74) is 2.56. The molecular formula is C16H13BrFN3. The SMILES string of the molecule is Fc1ccc(Br)cc1NCc1ccc(-n2cccn2)cc1. The Bertz CT molecular complexity index is 724. The molecule has 0 aliphatic heterocycles. The molecule has 0 spiro atoms. The van der Waals surface area contributed by atoms with Crippen molar-refractivity contribution in [3.8, 4) is 5.69 Å². The van der Waals surface area contributed by atoms with E-state index >= 15 is 0 Å². The highest BCUT2D eigenvalue weighted by atomic mass is 79.9. The molecule has 3 rings (SSSR count). The monoisotopic (exact) mass is 345 g/mol. The van der Waals surface area contributed by atoms with Gasteiger partial charge in [0.2, 0.25) is 0 Å². The fraction of sp³-hybridized carbons (Fsp3) is 0.0625. The van der Waals surface area contributed by atoms with Gasteiger partial charge in [0.25, 0.3) is 0 Å². The van der Waals surface area contributed by atoms with Crippen LogP contribution >= 0.6 is 15.9 Å². The van der Waals surface area contributed by atoms with Gasteiger partial charge in [-0.25, -0.2) is 9.07 Å². The van der Waals surface area contributed by atoms with E-state index in [9.17, 15) is 4.39 Å². The lowest BCUT2D eigenvalue weighted by molar-refractivity contribution is 0.630. The summed E-state index contributed by atoms with van der Waals surface area (Å²) in [7, 11) is 0. The summed E-state index contributed by atoms with van der Waals surface area (Å²) in [5, 5.41) is 7.27. The molecule has 0 amide bonds. The summed E-state index contributed by atoms with van der Waals surface area (Å²) in [5.74, 6) is -0.258. The van der Waals surface area contributed by atoms with E-state index in [1.165, 1.54) is 6.07 Å². The van der Waals surface area contributed by atoms with Crippen LogP contribution in [0.3, 0.4) is 0 Å². The van der Waals surface area contributed by atoms with Crippen molar-refractivity contribution in [1.82, 2.24) is 9.78 Å². The summed E-state index contributed by atoms with van der Waals surface area (Å²) in [6.07, 6.45) is 3.63. The van der Waals surface area contributed by atoms with Crippen LogP contribution < -0.4 is 5.32 Å². The topological polar surface area (TPSA) is 29.9 Å². The van der Waals surface area contributed by atoms with Crippen LogP contribution in [0.4, 0.5) is 10.1 Å². The van der Waals surface area contributed by atoms with Gasteiger partial charge in [0.15, 0.2) is 0 Å². The summed E-state index contributed by atoms with van der Waals surface area (Å²) < 4.78 is 16.3. The minimum atomic E-state index is -0.258. The van der Waals surface area contributed by atoms with Crippen molar-refractivity contribution >= 4 is 21.6 Å². The molecule has 0 bridgehead atoms. The molecule has 1 heterocycles. The Kier molecular flexibility index (Phi) is 4.01. The quantitative estimate of drug-likeness (QED) is 0.760. The maximum Gasteiger partial charge on any atom is 0.146 e. The molecule has 0 saturated carbocycles. The minimum Gasteiger partial charge on any atom is -0.379 e. The van der Waals surface area contributed by atoms with Gasteiger partial charge in [0.05, 0.1) is 11.4 Å². The van der Waals surface area contributed by atoms with E-state index in [1.807, 2.05) is 36.5 Å². The third kappa shape index (κ3) is 3.31. The highest BCUT2D eigenvalue weighted by molar-refractivity contribution is 9.10. The van der Waals surface area contributed by atoms with Crippen LogP contribution in [-0.2, 0) is 6.54 Å². The predicted octanol–water partition coefficient (Wildman–Crippen LogP) is 4.39. The zero-order chi connectivity index (χ0) is 14.7. The second kappa shape index (κ2) is 6.10. The molecule has 21 heavy (non-hydrogen) atoms. The van der Waals surface area contributed by atoms with Crippen molar-refractivity contribution in [1.29, 1.82) is 0 Å². The molecule has 0 saturated heterocycles. The van der Waals surface area contributed by atoms with Crippen LogP contribution in [-0.4, -0.2) is 9.78 Å². The smallest absolute Gasteiger partial charge is 0.146 e. The highest BCUT2D eigenvalue weighted by Crippen LogP contribution is 2.20. The lowest BCUT2D eigenvalue weighted by atomic mass is 10.2. The first-order valence-corrected chi connectivity index (χ1v) is 7.29. The number of nitrogens with zero attached hydrogens (tertiary/aromatic N) is 2. The molecular weight excluding hydrogens is 333 g/mol. The number of hydrogen-bond acceptors (Lipinski definition) is 2. The van der Waals surface area contributed by atoms with E-state index in [2.05, 4.69) is 26.3 Å². The molecule has 5 heteroatoms. The van der Waals surface area contributed by atoms with Crippen LogP contribution in [0.15, 0.2) is 65.4 Å². The van der Waals surface area contributed by atoms with Gasteiger partial charge < -0.3 is 5.32 Å². The first-order chi connectivity index (χ1) is 10.2. The van der Waals surface area contributed by atoms with Gasteiger partial charge in [-0.3, -0.25) is 0 Å². The van der Waals surface area contributed by atoms with Gasteiger partial charge in [-0.2, -0.15) is 5.10 Å². The summed E-state index contributed by atoms with van der Waals surface area (Å²) in [6, 6.07) is 14.7. The van der Waals surface area contributed by atoms with Gasteiger partial charge in [-0.1, -0.05) is 28.1 Å². The maximum absolute atomic E-state index is 13.6. The van der Waals surface area contributed by atoms with Crippen molar-refractivity contribution < 1.29 is 4.39 Å². The fourth-order valence-electron chi connectivity index (χ4n) is 2.02. The summed E-state index contributed by atoms with van der Waals surface area (Å²) in [6.45, 7) is 0.562. The third-order valence-corrected chi connectivity index (χ3v) is 3.61. The molecule has 3 nitrogen and oxygen atoms in total. The lowest BCUT2D eigenvalue weighted by Gasteiger charge is -2.09. The largest absolute Gasteiger partial charge is 0.379 e. The highest BCUT2D eigenvalue weighted by Gasteiger charge is 2.03. The Balaban J connectivity index is 1.70. The number of benzene rings is 2. The number of halogens is 2. The molecule has 1 N–H and O–H groups in total. The normalized spacial score (nSPS) is 10.6. The average Bonchev–Trinajstić information content (AvgIpc) is 3.03. The third-order valence-electron chi connectivity index (χ3n) is 3.12. The van der Waals surface area contributed by atoms with Gasteiger partial charge >= 0.3 is 0 Å². The first kappa shape index (κ1) is 13.8. The molecule has 0 radical (unpaired) electrons. The van der Waals surface area contributed by atoms with E-state index in [1.54, 1.807) is 23.0 Å². The predicted molar refractivity (Wildman–Crippen MR) is 85.0 cm³/mol. The minimum absolute atomic E-state index is 0.258. The Labute approximate surface area is 130 Å². The Hall–Kier alpha value is -2.14. The second-order valence-electron chi connectivity index (χ2n) is 4.59. The van der Waals surface area contributed by atoms with Gasteiger partial charge in [0, 0.05) is 23.4 Å². The standard InChI is InChI=1S/C16H13BrFN3/c17-13-4-7-15(18)16(10-13)19-11-12-2-5-14(6-3-12)21-9-1-8-20-21/h1-10,19H,11H2. The molecule has 0 atom stereocenters. The molecule has 2 aromatic carbocycles.